The molecule has 2 atom stereocenters. The second-order valence-electron chi connectivity index (χ2n) is 4.72. The van der Waals surface area contributed by atoms with Crippen LogP contribution in [0.25, 0.3) is 0 Å². The SMILES string of the molecule is COCC[C@@H]1CCCO[C@@H]1C[Se]c1ccccc1. The van der Waals surface area contributed by atoms with Gasteiger partial charge in [0.25, 0.3) is 0 Å². The first kappa shape index (κ1) is 14.1. The Morgan fingerprint density at radius 3 is 2.94 bits per heavy atom. The normalized spacial score (nSPS) is 24.1. The van der Waals surface area contributed by atoms with Gasteiger partial charge in [0.05, 0.1) is 0 Å². The molecule has 0 unspecified atom stereocenters. The van der Waals surface area contributed by atoms with E-state index in [1.807, 2.05) is 0 Å². The van der Waals surface area contributed by atoms with Gasteiger partial charge in [-0.15, -0.1) is 0 Å². The van der Waals surface area contributed by atoms with Crippen LogP contribution in [0.1, 0.15) is 19.3 Å². The summed E-state index contributed by atoms with van der Waals surface area (Å²) >= 11 is 0.536. The van der Waals surface area contributed by atoms with E-state index in [-0.39, 0.29) is 0 Å². The van der Waals surface area contributed by atoms with Gasteiger partial charge in [-0.05, 0) is 0 Å². The average Bonchev–Trinajstić information content (AvgIpc) is 2.45. The molecule has 0 spiro atoms. The van der Waals surface area contributed by atoms with Crippen molar-refractivity contribution in [1.82, 2.24) is 0 Å². The molecule has 1 aliphatic heterocycles. The van der Waals surface area contributed by atoms with E-state index < -0.39 is 0 Å². The third kappa shape index (κ3) is 4.40. The number of hydrogen-bond donors (Lipinski definition) is 0. The Bertz CT molecular complexity index is 329. The third-order valence-corrected chi connectivity index (χ3v) is 5.74. The molecule has 0 N–H and O–H groups in total. The summed E-state index contributed by atoms with van der Waals surface area (Å²) in [6.07, 6.45) is 4.11. The summed E-state index contributed by atoms with van der Waals surface area (Å²) in [5.74, 6) is 0.698. The monoisotopic (exact) mass is 314 g/mol. The van der Waals surface area contributed by atoms with E-state index in [4.69, 9.17) is 9.47 Å². The molecule has 100 valence electrons. The number of rotatable bonds is 6. The first-order valence-electron chi connectivity index (χ1n) is 6.68. The fraction of sp³-hybridized carbons (Fsp3) is 0.600. The average molecular weight is 313 g/mol. The first-order chi connectivity index (χ1) is 8.90. The zero-order valence-corrected chi connectivity index (χ0v) is 12.7. The Balaban J connectivity index is 1.81. The van der Waals surface area contributed by atoms with Gasteiger partial charge in [-0.3, -0.25) is 0 Å². The first-order valence-corrected chi connectivity index (χ1v) is 8.75. The maximum absolute atomic E-state index is 5.97. The molecule has 18 heavy (non-hydrogen) atoms. The predicted molar refractivity (Wildman–Crippen MR) is 75.6 cm³/mol. The Morgan fingerprint density at radius 2 is 2.17 bits per heavy atom. The second kappa shape index (κ2) is 7.96. The minimum atomic E-state index is 0.453. The molecular formula is C15H22O2Se. The van der Waals surface area contributed by atoms with Crippen molar-refractivity contribution in [3.8, 4) is 0 Å². The van der Waals surface area contributed by atoms with Crippen LogP contribution in [-0.2, 0) is 9.47 Å². The molecule has 1 aromatic rings. The topological polar surface area (TPSA) is 18.5 Å². The van der Waals surface area contributed by atoms with Crippen LogP contribution in [0.15, 0.2) is 30.3 Å². The van der Waals surface area contributed by atoms with Gasteiger partial charge < -0.3 is 0 Å². The molecule has 0 aromatic heterocycles. The Labute approximate surface area is 116 Å². The van der Waals surface area contributed by atoms with Crippen molar-refractivity contribution in [2.45, 2.75) is 30.7 Å². The summed E-state index contributed by atoms with van der Waals surface area (Å²) in [7, 11) is 1.78. The van der Waals surface area contributed by atoms with Crippen molar-refractivity contribution >= 4 is 19.4 Å². The third-order valence-electron chi connectivity index (χ3n) is 3.43. The summed E-state index contributed by atoms with van der Waals surface area (Å²) in [5.41, 5.74) is 0. The van der Waals surface area contributed by atoms with E-state index in [2.05, 4.69) is 30.3 Å². The van der Waals surface area contributed by atoms with Crippen LogP contribution in [0.2, 0.25) is 5.32 Å². The van der Waals surface area contributed by atoms with E-state index in [1.165, 1.54) is 22.6 Å². The van der Waals surface area contributed by atoms with E-state index in [1.54, 1.807) is 7.11 Å². The molecule has 2 nitrogen and oxygen atoms in total. The summed E-state index contributed by atoms with van der Waals surface area (Å²) in [6, 6.07) is 10.8. The summed E-state index contributed by atoms with van der Waals surface area (Å²) in [4.78, 5) is 0. The van der Waals surface area contributed by atoms with Crippen LogP contribution >= 0.6 is 0 Å². The van der Waals surface area contributed by atoms with Crippen LogP contribution in [0, 0.1) is 5.92 Å². The summed E-state index contributed by atoms with van der Waals surface area (Å²) in [5, 5.41) is 1.20. The Hall–Kier alpha value is -0.341. The number of methoxy groups -OCH3 is 1. The van der Waals surface area contributed by atoms with Crippen molar-refractivity contribution in [3.05, 3.63) is 30.3 Å². The van der Waals surface area contributed by atoms with Gasteiger partial charge in [-0.1, -0.05) is 0 Å². The van der Waals surface area contributed by atoms with Crippen molar-refractivity contribution in [2.24, 2.45) is 5.92 Å². The molecule has 1 saturated heterocycles. The molecule has 0 amide bonds. The van der Waals surface area contributed by atoms with Crippen LogP contribution in [0.5, 0.6) is 0 Å². The van der Waals surface area contributed by atoms with Gasteiger partial charge >= 0.3 is 116 Å². The fourth-order valence-electron chi connectivity index (χ4n) is 2.38. The number of ether oxygens (including phenoxy) is 2. The van der Waals surface area contributed by atoms with Gasteiger partial charge in [0.2, 0.25) is 0 Å². The van der Waals surface area contributed by atoms with Crippen LogP contribution < -0.4 is 4.46 Å². The molecule has 1 heterocycles. The fourth-order valence-corrected chi connectivity index (χ4v) is 4.64. The molecule has 1 fully saturated rings. The van der Waals surface area contributed by atoms with Gasteiger partial charge in [0.1, 0.15) is 0 Å². The number of hydrogen-bond acceptors (Lipinski definition) is 2. The maximum atomic E-state index is 5.97. The van der Waals surface area contributed by atoms with Crippen molar-refractivity contribution in [3.63, 3.8) is 0 Å². The van der Waals surface area contributed by atoms with Crippen molar-refractivity contribution in [1.29, 1.82) is 0 Å². The van der Waals surface area contributed by atoms with Crippen LogP contribution in [0.4, 0.5) is 0 Å². The van der Waals surface area contributed by atoms with Crippen molar-refractivity contribution < 1.29 is 9.47 Å². The number of benzene rings is 1. The van der Waals surface area contributed by atoms with Gasteiger partial charge in [-0.25, -0.2) is 0 Å². The van der Waals surface area contributed by atoms with E-state index in [9.17, 15) is 0 Å². The van der Waals surface area contributed by atoms with E-state index >= 15 is 0 Å². The van der Waals surface area contributed by atoms with Crippen molar-refractivity contribution in [2.75, 3.05) is 20.3 Å². The van der Waals surface area contributed by atoms with Crippen LogP contribution in [-0.4, -0.2) is 41.4 Å². The summed E-state index contributed by atoms with van der Waals surface area (Å²) < 4.78 is 12.7. The zero-order valence-electron chi connectivity index (χ0n) is 11.0. The standard InChI is InChI=1S/C15H22O2Se/c1-16-11-9-13-6-5-10-17-15(13)12-18-14-7-3-2-4-8-14/h2-4,7-8,13,15H,5-6,9-12H2,1H3/t13-,15+/m0/s1. The van der Waals surface area contributed by atoms with E-state index in [0.717, 1.165) is 19.6 Å². The zero-order chi connectivity index (χ0) is 12.6. The second-order valence-corrected chi connectivity index (χ2v) is 7.01. The summed E-state index contributed by atoms with van der Waals surface area (Å²) in [6.45, 7) is 1.81. The quantitative estimate of drug-likeness (QED) is 0.750. The Kier molecular flexibility index (Phi) is 6.22. The molecule has 0 radical (unpaired) electrons. The van der Waals surface area contributed by atoms with Gasteiger partial charge in [0, 0.05) is 0 Å². The molecule has 1 aromatic carbocycles. The van der Waals surface area contributed by atoms with E-state index in [0.29, 0.717) is 27.0 Å². The van der Waals surface area contributed by atoms with Crippen LogP contribution in [0.3, 0.4) is 0 Å². The molecule has 0 aliphatic carbocycles. The Morgan fingerprint density at radius 1 is 1.33 bits per heavy atom. The molecule has 0 saturated carbocycles. The van der Waals surface area contributed by atoms with Gasteiger partial charge in [-0.2, -0.15) is 0 Å². The molecule has 1 aliphatic rings. The predicted octanol–water partition coefficient (Wildman–Crippen LogP) is 2.27. The minimum absolute atomic E-state index is 0.453. The molecule has 2 rings (SSSR count). The molecular weight excluding hydrogens is 291 g/mol. The molecule has 0 bridgehead atoms. The molecule has 3 heteroatoms. The van der Waals surface area contributed by atoms with Gasteiger partial charge in [0.15, 0.2) is 0 Å².